The molecule has 74 valence electrons. The number of hydrogen-bond acceptors (Lipinski definition) is 2. The highest BCUT2D eigenvalue weighted by atomic mass is 15.1. The topological polar surface area (TPSA) is 29.3 Å². The van der Waals surface area contributed by atoms with Crippen molar-refractivity contribution in [2.75, 3.05) is 19.6 Å². The summed E-state index contributed by atoms with van der Waals surface area (Å²) in [4.78, 5) is 2.23. The van der Waals surface area contributed by atoms with Crippen LogP contribution in [0, 0.1) is 18.3 Å². The molecule has 13 heavy (non-hydrogen) atoms. The molecular weight excluding hydrogens is 160 g/mol. The van der Waals surface area contributed by atoms with Crippen LogP contribution in [0.15, 0.2) is 0 Å². The van der Waals surface area contributed by atoms with Gasteiger partial charge in [-0.15, -0.1) is 6.42 Å². The monoisotopic (exact) mass is 180 g/mol. The highest BCUT2D eigenvalue weighted by Crippen LogP contribution is 2.38. The van der Waals surface area contributed by atoms with Gasteiger partial charge in [-0.3, -0.25) is 4.90 Å². The molecule has 2 N–H and O–H groups in total. The molecule has 0 saturated heterocycles. The van der Waals surface area contributed by atoms with Crippen LogP contribution in [-0.2, 0) is 0 Å². The second kappa shape index (κ2) is 4.13. The van der Waals surface area contributed by atoms with Crippen molar-refractivity contribution < 1.29 is 0 Å². The maximum absolute atomic E-state index is 6.22. The standard InChI is InChI=1S/C11H20N2/c1-4-8-13(5-2)9-11(3,12)10-6-7-10/h1,10H,5-9,12H2,2-3H3. The average Bonchev–Trinajstić information content (AvgIpc) is 2.85. The Bertz CT molecular complexity index is 199. The SMILES string of the molecule is C#CCN(CC)CC(C)(N)C1CC1. The zero-order chi connectivity index (χ0) is 9.90. The summed E-state index contributed by atoms with van der Waals surface area (Å²) < 4.78 is 0. The number of hydrogen-bond donors (Lipinski definition) is 1. The van der Waals surface area contributed by atoms with Gasteiger partial charge < -0.3 is 5.73 Å². The molecule has 0 aromatic heterocycles. The van der Waals surface area contributed by atoms with Crippen LogP contribution in [0.2, 0.25) is 0 Å². The van der Waals surface area contributed by atoms with E-state index >= 15 is 0 Å². The average molecular weight is 180 g/mol. The lowest BCUT2D eigenvalue weighted by molar-refractivity contribution is 0.231. The summed E-state index contributed by atoms with van der Waals surface area (Å²) in [6.45, 7) is 6.91. The molecule has 0 aromatic rings. The molecular formula is C11H20N2. The van der Waals surface area contributed by atoms with Gasteiger partial charge >= 0.3 is 0 Å². The molecule has 1 aliphatic rings. The van der Waals surface area contributed by atoms with Crippen LogP contribution < -0.4 is 5.73 Å². The van der Waals surface area contributed by atoms with Gasteiger partial charge in [0.2, 0.25) is 0 Å². The van der Waals surface area contributed by atoms with Gasteiger partial charge in [-0.2, -0.15) is 0 Å². The molecule has 2 heteroatoms. The third kappa shape index (κ3) is 3.02. The number of nitrogens with two attached hydrogens (primary N) is 1. The van der Waals surface area contributed by atoms with Gasteiger partial charge in [-0.05, 0) is 32.2 Å². The Morgan fingerprint density at radius 1 is 1.62 bits per heavy atom. The molecule has 0 bridgehead atoms. The number of rotatable bonds is 5. The van der Waals surface area contributed by atoms with Crippen molar-refractivity contribution in [2.45, 2.75) is 32.2 Å². The zero-order valence-corrected chi connectivity index (χ0v) is 8.71. The van der Waals surface area contributed by atoms with Crippen molar-refractivity contribution in [2.24, 2.45) is 11.7 Å². The summed E-state index contributed by atoms with van der Waals surface area (Å²) >= 11 is 0. The van der Waals surface area contributed by atoms with Gasteiger partial charge in [-0.1, -0.05) is 12.8 Å². The first-order chi connectivity index (χ1) is 6.10. The summed E-state index contributed by atoms with van der Waals surface area (Å²) in [7, 11) is 0. The predicted molar refractivity (Wildman–Crippen MR) is 56.3 cm³/mol. The third-order valence-electron chi connectivity index (χ3n) is 2.84. The van der Waals surface area contributed by atoms with E-state index in [1.807, 2.05) is 0 Å². The van der Waals surface area contributed by atoms with Crippen LogP contribution in [0.1, 0.15) is 26.7 Å². The Balaban J connectivity index is 2.39. The molecule has 0 aliphatic heterocycles. The molecule has 1 atom stereocenters. The Hall–Kier alpha value is -0.520. The Kier molecular flexibility index (Phi) is 3.35. The fraction of sp³-hybridized carbons (Fsp3) is 0.818. The van der Waals surface area contributed by atoms with Crippen LogP contribution in [0.25, 0.3) is 0 Å². The maximum atomic E-state index is 6.22. The van der Waals surface area contributed by atoms with Gasteiger partial charge in [0.25, 0.3) is 0 Å². The van der Waals surface area contributed by atoms with Crippen LogP contribution in [0.5, 0.6) is 0 Å². The molecule has 2 nitrogen and oxygen atoms in total. The minimum atomic E-state index is -0.0349. The smallest absolute Gasteiger partial charge is 0.0599 e. The largest absolute Gasteiger partial charge is 0.324 e. The molecule has 0 heterocycles. The molecule has 1 saturated carbocycles. The zero-order valence-electron chi connectivity index (χ0n) is 8.71. The van der Waals surface area contributed by atoms with E-state index in [0.29, 0.717) is 0 Å². The normalized spacial score (nSPS) is 21.2. The first-order valence-corrected chi connectivity index (χ1v) is 5.05. The lowest BCUT2D eigenvalue weighted by Gasteiger charge is -2.31. The number of likely N-dealkylation sites (N-methyl/N-ethyl adjacent to an activating group) is 1. The van der Waals surface area contributed by atoms with Crippen molar-refractivity contribution in [3.63, 3.8) is 0 Å². The highest BCUT2D eigenvalue weighted by Gasteiger charge is 2.38. The molecule has 1 rings (SSSR count). The minimum Gasteiger partial charge on any atom is -0.324 e. The van der Waals surface area contributed by atoms with E-state index in [-0.39, 0.29) is 5.54 Å². The Morgan fingerprint density at radius 3 is 2.62 bits per heavy atom. The molecule has 0 aromatic carbocycles. The van der Waals surface area contributed by atoms with Crippen molar-refractivity contribution >= 4 is 0 Å². The predicted octanol–water partition coefficient (Wildman–Crippen LogP) is 1.07. The lowest BCUT2D eigenvalue weighted by Crippen LogP contribution is -2.49. The van der Waals surface area contributed by atoms with Crippen LogP contribution in [0.3, 0.4) is 0 Å². The lowest BCUT2D eigenvalue weighted by atomic mass is 9.96. The maximum Gasteiger partial charge on any atom is 0.0599 e. The van der Waals surface area contributed by atoms with Crippen LogP contribution in [-0.4, -0.2) is 30.1 Å². The second-order valence-electron chi connectivity index (χ2n) is 4.29. The highest BCUT2D eigenvalue weighted by molar-refractivity contribution is 4.99. The summed E-state index contributed by atoms with van der Waals surface area (Å²) in [5.41, 5.74) is 6.18. The van der Waals surface area contributed by atoms with Crippen LogP contribution >= 0.6 is 0 Å². The minimum absolute atomic E-state index is 0.0349. The quantitative estimate of drug-likeness (QED) is 0.641. The van der Waals surface area contributed by atoms with Gasteiger partial charge in [0, 0.05) is 12.1 Å². The summed E-state index contributed by atoms with van der Waals surface area (Å²) in [6, 6.07) is 0. The van der Waals surface area contributed by atoms with Crippen molar-refractivity contribution in [3.05, 3.63) is 0 Å². The van der Waals surface area contributed by atoms with E-state index in [9.17, 15) is 0 Å². The van der Waals surface area contributed by atoms with Gasteiger partial charge in [0.05, 0.1) is 6.54 Å². The first-order valence-electron chi connectivity index (χ1n) is 5.05. The molecule has 1 aliphatic carbocycles. The summed E-state index contributed by atoms with van der Waals surface area (Å²) in [5, 5.41) is 0. The van der Waals surface area contributed by atoms with E-state index in [1.54, 1.807) is 0 Å². The number of terminal acetylenes is 1. The van der Waals surface area contributed by atoms with Crippen molar-refractivity contribution in [1.29, 1.82) is 0 Å². The van der Waals surface area contributed by atoms with Crippen molar-refractivity contribution in [1.82, 2.24) is 4.90 Å². The second-order valence-corrected chi connectivity index (χ2v) is 4.29. The molecule has 1 unspecified atom stereocenters. The van der Waals surface area contributed by atoms with E-state index in [4.69, 9.17) is 12.2 Å². The Morgan fingerprint density at radius 2 is 2.23 bits per heavy atom. The molecule has 0 amide bonds. The molecule has 0 spiro atoms. The Labute approximate surface area is 81.5 Å². The third-order valence-corrected chi connectivity index (χ3v) is 2.84. The molecule has 0 radical (unpaired) electrons. The number of nitrogens with zero attached hydrogens (tertiary/aromatic N) is 1. The van der Waals surface area contributed by atoms with Crippen molar-refractivity contribution in [3.8, 4) is 12.3 Å². The van der Waals surface area contributed by atoms with Gasteiger partial charge in [0.1, 0.15) is 0 Å². The van der Waals surface area contributed by atoms with Gasteiger partial charge in [-0.25, -0.2) is 0 Å². The first kappa shape index (κ1) is 10.6. The van der Waals surface area contributed by atoms with E-state index in [0.717, 1.165) is 25.6 Å². The summed E-state index contributed by atoms with van der Waals surface area (Å²) in [5.74, 6) is 3.39. The van der Waals surface area contributed by atoms with E-state index in [2.05, 4.69) is 24.7 Å². The fourth-order valence-electron chi connectivity index (χ4n) is 1.76. The van der Waals surface area contributed by atoms with Gasteiger partial charge in [0.15, 0.2) is 0 Å². The fourth-order valence-corrected chi connectivity index (χ4v) is 1.76. The molecule has 1 fully saturated rings. The van der Waals surface area contributed by atoms with E-state index in [1.165, 1.54) is 12.8 Å². The summed E-state index contributed by atoms with van der Waals surface area (Å²) in [6.07, 6.45) is 7.87. The van der Waals surface area contributed by atoms with E-state index < -0.39 is 0 Å². The van der Waals surface area contributed by atoms with Crippen LogP contribution in [0.4, 0.5) is 0 Å².